The molecule has 4 heterocycles. The minimum absolute atomic E-state index is 0.269. The lowest BCUT2D eigenvalue weighted by Crippen LogP contribution is -2.36. The van der Waals surface area contributed by atoms with Crippen LogP contribution in [0.4, 0.5) is 11.8 Å². The van der Waals surface area contributed by atoms with Crippen molar-refractivity contribution in [3.05, 3.63) is 35.5 Å². The SMILES string of the molecule is CCOc1nc(N2CCNCCC2C)ncc1C(=O)Nc1cn2cc(C)nc2c(C)n1. The van der Waals surface area contributed by atoms with Gasteiger partial charge in [0.2, 0.25) is 11.8 Å². The van der Waals surface area contributed by atoms with Crippen molar-refractivity contribution in [2.75, 3.05) is 36.5 Å². The van der Waals surface area contributed by atoms with Crippen LogP contribution in [0.1, 0.15) is 42.0 Å². The predicted octanol–water partition coefficient (Wildman–Crippen LogP) is 1.98. The molecule has 0 bridgehead atoms. The van der Waals surface area contributed by atoms with Crippen molar-refractivity contribution in [3.8, 4) is 5.88 Å². The molecule has 0 saturated carbocycles. The van der Waals surface area contributed by atoms with Gasteiger partial charge in [-0.3, -0.25) is 4.79 Å². The fraction of sp³-hybridized carbons (Fsp3) is 0.476. The molecule has 10 nitrogen and oxygen atoms in total. The summed E-state index contributed by atoms with van der Waals surface area (Å²) >= 11 is 0. The number of nitrogens with one attached hydrogen (secondary N) is 2. The Bertz CT molecular complexity index is 1100. The van der Waals surface area contributed by atoms with E-state index in [-0.39, 0.29) is 17.4 Å². The predicted molar refractivity (Wildman–Crippen MR) is 118 cm³/mol. The number of amides is 1. The molecule has 1 fully saturated rings. The number of hydrogen-bond donors (Lipinski definition) is 2. The van der Waals surface area contributed by atoms with E-state index in [2.05, 4.69) is 42.4 Å². The Morgan fingerprint density at radius 1 is 1.26 bits per heavy atom. The molecule has 4 rings (SSSR count). The number of ether oxygens (including phenoxy) is 1. The smallest absolute Gasteiger partial charge is 0.263 e. The lowest BCUT2D eigenvalue weighted by atomic mass is 10.2. The van der Waals surface area contributed by atoms with E-state index in [9.17, 15) is 4.79 Å². The number of anilines is 2. The molecule has 10 heteroatoms. The molecule has 0 aromatic carbocycles. The van der Waals surface area contributed by atoms with Crippen LogP contribution in [0.15, 0.2) is 18.6 Å². The molecular formula is C21H28N8O2. The molecule has 1 aliphatic rings. The molecule has 3 aromatic heterocycles. The summed E-state index contributed by atoms with van der Waals surface area (Å²) in [4.78, 5) is 33.1. The highest BCUT2D eigenvalue weighted by molar-refractivity contribution is 6.05. The maximum atomic E-state index is 13.0. The minimum atomic E-state index is -0.372. The second-order valence-corrected chi connectivity index (χ2v) is 7.68. The van der Waals surface area contributed by atoms with Crippen LogP contribution in [0.5, 0.6) is 5.88 Å². The first-order valence-electron chi connectivity index (χ1n) is 10.6. The number of aryl methyl sites for hydroxylation is 2. The highest BCUT2D eigenvalue weighted by atomic mass is 16.5. The molecule has 0 aliphatic carbocycles. The lowest BCUT2D eigenvalue weighted by Gasteiger charge is -2.27. The van der Waals surface area contributed by atoms with Crippen LogP contribution in [-0.4, -0.2) is 62.5 Å². The van der Waals surface area contributed by atoms with Gasteiger partial charge >= 0.3 is 0 Å². The Labute approximate surface area is 181 Å². The van der Waals surface area contributed by atoms with Gasteiger partial charge in [0.25, 0.3) is 5.91 Å². The average molecular weight is 425 g/mol. The number of carbonyl (C=O) groups is 1. The molecule has 2 N–H and O–H groups in total. The van der Waals surface area contributed by atoms with Gasteiger partial charge in [0.1, 0.15) is 11.4 Å². The van der Waals surface area contributed by atoms with E-state index >= 15 is 0 Å². The lowest BCUT2D eigenvalue weighted by molar-refractivity contribution is 0.102. The number of fused-ring (bicyclic) bond motifs is 1. The molecule has 1 unspecified atom stereocenters. The second kappa shape index (κ2) is 8.84. The zero-order valence-electron chi connectivity index (χ0n) is 18.3. The molecule has 1 saturated heterocycles. The number of carbonyl (C=O) groups excluding carboxylic acids is 1. The van der Waals surface area contributed by atoms with Crippen LogP contribution in [0.3, 0.4) is 0 Å². The largest absolute Gasteiger partial charge is 0.477 e. The van der Waals surface area contributed by atoms with Gasteiger partial charge in [-0.1, -0.05) is 0 Å². The first kappa shape index (κ1) is 21.0. The van der Waals surface area contributed by atoms with E-state index in [1.807, 2.05) is 31.4 Å². The Morgan fingerprint density at radius 2 is 2.10 bits per heavy atom. The third kappa shape index (κ3) is 4.43. The van der Waals surface area contributed by atoms with Gasteiger partial charge in [-0.15, -0.1) is 0 Å². The summed E-state index contributed by atoms with van der Waals surface area (Å²) in [5.74, 6) is 0.890. The van der Waals surface area contributed by atoms with Gasteiger partial charge in [0.05, 0.1) is 24.2 Å². The van der Waals surface area contributed by atoms with Crippen molar-refractivity contribution in [1.29, 1.82) is 0 Å². The molecule has 31 heavy (non-hydrogen) atoms. The fourth-order valence-corrected chi connectivity index (χ4v) is 3.72. The molecule has 0 spiro atoms. The van der Waals surface area contributed by atoms with E-state index in [1.165, 1.54) is 6.20 Å². The van der Waals surface area contributed by atoms with Crippen molar-refractivity contribution in [2.24, 2.45) is 0 Å². The quantitative estimate of drug-likeness (QED) is 0.640. The van der Waals surface area contributed by atoms with Gasteiger partial charge in [0.15, 0.2) is 5.65 Å². The normalized spacial score (nSPS) is 16.9. The Balaban J connectivity index is 1.61. The van der Waals surface area contributed by atoms with Crippen LogP contribution in [0, 0.1) is 13.8 Å². The van der Waals surface area contributed by atoms with Crippen LogP contribution < -0.4 is 20.3 Å². The standard InChI is InChI=1S/C21H28N8O2/c1-5-31-20-16(10-23-21(27-20)29-9-8-22-7-6-14(29)3)19(30)26-17-12-28-11-13(2)24-18(28)15(4)25-17/h10-12,14,22H,5-9H2,1-4H3,(H,26,30). The molecule has 1 atom stereocenters. The summed E-state index contributed by atoms with van der Waals surface area (Å²) in [5.41, 5.74) is 2.65. The highest BCUT2D eigenvalue weighted by Crippen LogP contribution is 2.23. The van der Waals surface area contributed by atoms with Crippen LogP contribution in [0.25, 0.3) is 5.65 Å². The molecule has 164 valence electrons. The number of imidazole rings is 1. The Hall–Kier alpha value is -3.27. The van der Waals surface area contributed by atoms with Gasteiger partial charge in [-0.05, 0) is 40.7 Å². The number of rotatable bonds is 5. The summed E-state index contributed by atoms with van der Waals surface area (Å²) in [6, 6.07) is 0.293. The molecule has 1 amide bonds. The van der Waals surface area contributed by atoms with E-state index in [4.69, 9.17) is 4.74 Å². The maximum Gasteiger partial charge on any atom is 0.263 e. The van der Waals surface area contributed by atoms with Crippen LogP contribution >= 0.6 is 0 Å². The molecular weight excluding hydrogens is 396 g/mol. The third-order valence-corrected chi connectivity index (χ3v) is 5.29. The van der Waals surface area contributed by atoms with E-state index in [0.29, 0.717) is 24.4 Å². The third-order valence-electron chi connectivity index (χ3n) is 5.29. The zero-order chi connectivity index (χ0) is 22.0. The van der Waals surface area contributed by atoms with Crippen molar-refractivity contribution in [3.63, 3.8) is 0 Å². The van der Waals surface area contributed by atoms with Crippen molar-refractivity contribution in [1.82, 2.24) is 29.7 Å². The number of aromatic nitrogens is 5. The van der Waals surface area contributed by atoms with Gasteiger partial charge in [0, 0.05) is 31.5 Å². The van der Waals surface area contributed by atoms with Crippen molar-refractivity contribution < 1.29 is 9.53 Å². The van der Waals surface area contributed by atoms with Crippen LogP contribution in [-0.2, 0) is 0 Å². The minimum Gasteiger partial charge on any atom is -0.477 e. The summed E-state index contributed by atoms with van der Waals surface area (Å²) < 4.78 is 7.55. The summed E-state index contributed by atoms with van der Waals surface area (Å²) in [5, 5.41) is 6.22. The van der Waals surface area contributed by atoms with Crippen LogP contribution in [0.2, 0.25) is 0 Å². The van der Waals surface area contributed by atoms with Gasteiger partial charge in [-0.2, -0.15) is 4.98 Å². The first-order valence-corrected chi connectivity index (χ1v) is 10.6. The van der Waals surface area contributed by atoms with Crippen molar-refractivity contribution in [2.45, 2.75) is 40.2 Å². The molecule has 1 aliphatic heterocycles. The maximum absolute atomic E-state index is 13.0. The van der Waals surface area contributed by atoms with E-state index in [1.54, 1.807) is 6.20 Å². The fourth-order valence-electron chi connectivity index (χ4n) is 3.72. The Kier molecular flexibility index (Phi) is 5.99. The molecule has 3 aromatic rings. The van der Waals surface area contributed by atoms with Gasteiger partial charge < -0.3 is 24.7 Å². The topological polar surface area (TPSA) is 110 Å². The second-order valence-electron chi connectivity index (χ2n) is 7.68. The monoisotopic (exact) mass is 424 g/mol. The van der Waals surface area contributed by atoms with Gasteiger partial charge in [-0.25, -0.2) is 15.0 Å². The van der Waals surface area contributed by atoms with E-state index in [0.717, 1.165) is 43.1 Å². The average Bonchev–Trinajstić information content (AvgIpc) is 2.97. The molecule has 0 radical (unpaired) electrons. The first-order chi connectivity index (χ1) is 15.0. The number of nitrogens with zero attached hydrogens (tertiary/aromatic N) is 6. The summed E-state index contributed by atoms with van der Waals surface area (Å²) in [6.45, 7) is 10.8. The highest BCUT2D eigenvalue weighted by Gasteiger charge is 2.23. The number of hydrogen-bond acceptors (Lipinski definition) is 8. The van der Waals surface area contributed by atoms with Crippen molar-refractivity contribution >= 4 is 23.3 Å². The summed E-state index contributed by atoms with van der Waals surface area (Å²) in [6.07, 6.45) is 6.15. The Morgan fingerprint density at radius 3 is 2.90 bits per heavy atom. The zero-order valence-corrected chi connectivity index (χ0v) is 18.3. The summed E-state index contributed by atoms with van der Waals surface area (Å²) in [7, 11) is 0. The van der Waals surface area contributed by atoms with E-state index < -0.39 is 0 Å².